The Balaban J connectivity index is 1.92. The van der Waals surface area contributed by atoms with Gasteiger partial charge in [0.15, 0.2) is 0 Å². The van der Waals surface area contributed by atoms with Gasteiger partial charge < -0.3 is 5.11 Å². The highest BCUT2D eigenvalue weighted by molar-refractivity contribution is 6.31. The second kappa shape index (κ2) is 5.23. The second-order valence-electron chi connectivity index (χ2n) is 5.80. The van der Waals surface area contributed by atoms with Crippen LogP contribution in [0.25, 0.3) is 0 Å². The van der Waals surface area contributed by atoms with E-state index in [2.05, 4.69) is 12.1 Å². The van der Waals surface area contributed by atoms with Crippen molar-refractivity contribution in [1.82, 2.24) is 0 Å². The third kappa shape index (κ3) is 2.36. The topological polar surface area (TPSA) is 20.2 Å². The summed E-state index contributed by atoms with van der Waals surface area (Å²) in [6.07, 6.45) is 3.92. The predicted octanol–water partition coefficient (Wildman–Crippen LogP) is 4.86. The number of rotatable bonds is 3. The highest BCUT2D eigenvalue weighted by Crippen LogP contribution is 2.38. The molecule has 1 saturated carbocycles. The quantitative estimate of drug-likeness (QED) is 0.854. The van der Waals surface area contributed by atoms with Crippen molar-refractivity contribution in [2.75, 3.05) is 0 Å². The van der Waals surface area contributed by atoms with E-state index in [-0.39, 0.29) is 0 Å². The third-order valence-electron chi connectivity index (χ3n) is 4.45. The van der Waals surface area contributed by atoms with Crippen LogP contribution in [0.2, 0.25) is 5.02 Å². The fourth-order valence-corrected chi connectivity index (χ4v) is 3.15. The average Bonchev–Trinajstić information content (AvgIpc) is 2.38. The summed E-state index contributed by atoms with van der Waals surface area (Å²) in [6, 6.07) is 15.8. The summed E-state index contributed by atoms with van der Waals surface area (Å²) >= 11 is 6.21. The van der Waals surface area contributed by atoms with Crippen molar-refractivity contribution in [2.45, 2.75) is 37.7 Å². The van der Waals surface area contributed by atoms with E-state index >= 15 is 0 Å². The standard InChI is InChI=1S/C18H19ClO/c1-18(20,16-7-2-3-8-17(16)19)15-11-9-14(10-12-15)13-5-4-6-13/h2-3,7-13,20H,4-6H2,1H3. The molecule has 2 heteroatoms. The normalized spacial score (nSPS) is 18.4. The molecule has 1 N–H and O–H groups in total. The minimum absolute atomic E-state index is 0.598. The molecule has 0 radical (unpaired) electrons. The number of hydrogen-bond donors (Lipinski definition) is 1. The molecule has 1 nitrogen and oxygen atoms in total. The zero-order chi connectivity index (χ0) is 14.2. The van der Waals surface area contributed by atoms with Crippen LogP contribution in [0.1, 0.15) is 48.8 Å². The van der Waals surface area contributed by atoms with Crippen LogP contribution in [0.15, 0.2) is 48.5 Å². The predicted molar refractivity (Wildman–Crippen MR) is 83.2 cm³/mol. The number of halogens is 1. The molecule has 0 amide bonds. The van der Waals surface area contributed by atoms with E-state index in [0.717, 1.165) is 11.1 Å². The van der Waals surface area contributed by atoms with Gasteiger partial charge in [0.25, 0.3) is 0 Å². The zero-order valence-corrected chi connectivity index (χ0v) is 12.4. The molecule has 0 saturated heterocycles. The van der Waals surface area contributed by atoms with E-state index < -0.39 is 5.60 Å². The molecule has 0 bridgehead atoms. The first kappa shape index (κ1) is 13.7. The highest BCUT2D eigenvalue weighted by Gasteiger charge is 2.28. The maximum Gasteiger partial charge on any atom is 0.113 e. The summed E-state index contributed by atoms with van der Waals surface area (Å²) in [6.45, 7) is 1.80. The van der Waals surface area contributed by atoms with Crippen molar-refractivity contribution in [3.8, 4) is 0 Å². The van der Waals surface area contributed by atoms with E-state index in [1.54, 1.807) is 6.92 Å². The summed E-state index contributed by atoms with van der Waals surface area (Å²) < 4.78 is 0. The van der Waals surface area contributed by atoms with Crippen LogP contribution in [0.5, 0.6) is 0 Å². The molecule has 0 spiro atoms. The van der Waals surface area contributed by atoms with E-state index in [1.807, 2.05) is 36.4 Å². The number of benzene rings is 2. The smallest absolute Gasteiger partial charge is 0.113 e. The molecular formula is C18H19ClO. The van der Waals surface area contributed by atoms with E-state index in [0.29, 0.717) is 10.9 Å². The van der Waals surface area contributed by atoms with E-state index in [4.69, 9.17) is 11.6 Å². The minimum atomic E-state index is -1.06. The first-order valence-corrected chi connectivity index (χ1v) is 7.54. The molecule has 1 atom stereocenters. The molecule has 0 aromatic heterocycles. The molecule has 0 aliphatic heterocycles. The SMILES string of the molecule is CC(O)(c1ccc(C2CCC2)cc1)c1ccccc1Cl. The average molecular weight is 287 g/mol. The summed E-state index contributed by atoms with van der Waals surface area (Å²) in [7, 11) is 0. The van der Waals surface area contributed by atoms with Gasteiger partial charge >= 0.3 is 0 Å². The van der Waals surface area contributed by atoms with Crippen LogP contribution in [0, 0.1) is 0 Å². The fraction of sp³-hybridized carbons (Fsp3) is 0.333. The Labute approximate surface area is 125 Å². The Morgan fingerprint density at radius 2 is 1.70 bits per heavy atom. The van der Waals surface area contributed by atoms with Gasteiger partial charge in [-0.25, -0.2) is 0 Å². The van der Waals surface area contributed by atoms with Crippen molar-refractivity contribution < 1.29 is 5.11 Å². The summed E-state index contributed by atoms with van der Waals surface area (Å²) in [4.78, 5) is 0. The van der Waals surface area contributed by atoms with Crippen LogP contribution in [0.4, 0.5) is 0 Å². The van der Waals surface area contributed by atoms with Gasteiger partial charge in [0.05, 0.1) is 0 Å². The van der Waals surface area contributed by atoms with Crippen molar-refractivity contribution >= 4 is 11.6 Å². The van der Waals surface area contributed by atoms with Crippen molar-refractivity contribution in [3.63, 3.8) is 0 Å². The van der Waals surface area contributed by atoms with E-state index in [1.165, 1.54) is 24.8 Å². The Morgan fingerprint density at radius 3 is 2.25 bits per heavy atom. The molecule has 3 rings (SSSR count). The summed E-state index contributed by atoms with van der Waals surface area (Å²) in [5, 5.41) is 11.5. The Kier molecular flexibility index (Phi) is 3.57. The number of hydrogen-bond acceptors (Lipinski definition) is 1. The molecule has 1 fully saturated rings. The molecular weight excluding hydrogens is 268 g/mol. The highest BCUT2D eigenvalue weighted by atomic mass is 35.5. The lowest BCUT2D eigenvalue weighted by Gasteiger charge is -2.28. The van der Waals surface area contributed by atoms with Crippen molar-refractivity contribution in [3.05, 3.63) is 70.2 Å². The first-order valence-electron chi connectivity index (χ1n) is 7.17. The Bertz CT molecular complexity index is 597. The van der Waals surface area contributed by atoms with Crippen LogP contribution in [-0.4, -0.2) is 5.11 Å². The molecule has 20 heavy (non-hydrogen) atoms. The van der Waals surface area contributed by atoms with Gasteiger partial charge in [-0.3, -0.25) is 0 Å². The molecule has 2 aromatic rings. The molecule has 1 aliphatic carbocycles. The third-order valence-corrected chi connectivity index (χ3v) is 4.78. The van der Waals surface area contributed by atoms with Gasteiger partial charge in [0.1, 0.15) is 5.60 Å². The van der Waals surface area contributed by atoms with Crippen LogP contribution in [0.3, 0.4) is 0 Å². The largest absolute Gasteiger partial charge is 0.381 e. The van der Waals surface area contributed by atoms with Gasteiger partial charge in [0.2, 0.25) is 0 Å². The summed E-state index contributed by atoms with van der Waals surface area (Å²) in [5.74, 6) is 0.717. The van der Waals surface area contributed by atoms with Crippen LogP contribution in [-0.2, 0) is 5.60 Å². The van der Waals surface area contributed by atoms with Crippen LogP contribution < -0.4 is 0 Å². The lowest BCUT2D eigenvalue weighted by atomic mass is 9.79. The first-order chi connectivity index (χ1) is 9.59. The molecule has 104 valence electrons. The lowest BCUT2D eigenvalue weighted by Crippen LogP contribution is -2.23. The summed E-state index contributed by atoms with van der Waals surface area (Å²) in [5.41, 5.74) is 1.96. The zero-order valence-electron chi connectivity index (χ0n) is 11.6. The minimum Gasteiger partial charge on any atom is -0.381 e. The maximum absolute atomic E-state index is 10.9. The molecule has 1 aliphatic rings. The number of aliphatic hydroxyl groups is 1. The van der Waals surface area contributed by atoms with E-state index in [9.17, 15) is 5.11 Å². The van der Waals surface area contributed by atoms with Crippen molar-refractivity contribution in [2.24, 2.45) is 0 Å². The van der Waals surface area contributed by atoms with Gasteiger partial charge in [-0.05, 0) is 42.9 Å². The van der Waals surface area contributed by atoms with Gasteiger partial charge in [-0.15, -0.1) is 0 Å². The van der Waals surface area contributed by atoms with Gasteiger partial charge in [0, 0.05) is 10.6 Å². The van der Waals surface area contributed by atoms with Crippen molar-refractivity contribution in [1.29, 1.82) is 0 Å². The lowest BCUT2D eigenvalue weighted by molar-refractivity contribution is 0.102. The Hall–Kier alpha value is -1.31. The molecule has 0 heterocycles. The Morgan fingerprint density at radius 1 is 1.05 bits per heavy atom. The second-order valence-corrected chi connectivity index (χ2v) is 6.21. The molecule has 2 aromatic carbocycles. The fourth-order valence-electron chi connectivity index (χ4n) is 2.83. The maximum atomic E-state index is 10.9. The van der Waals surface area contributed by atoms with Crippen LogP contribution >= 0.6 is 11.6 Å². The molecule has 1 unspecified atom stereocenters. The monoisotopic (exact) mass is 286 g/mol. The van der Waals surface area contributed by atoms with Gasteiger partial charge in [-0.2, -0.15) is 0 Å². The van der Waals surface area contributed by atoms with Gasteiger partial charge in [-0.1, -0.05) is 60.5 Å².